The fourth-order valence-corrected chi connectivity index (χ4v) is 2.97. The van der Waals surface area contributed by atoms with Gasteiger partial charge >= 0.3 is 13.6 Å². The van der Waals surface area contributed by atoms with Gasteiger partial charge in [-0.25, -0.2) is 10.2 Å². The zero-order chi connectivity index (χ0) is 12.4. The molecule has 0 rings (SSSR count). The van der Waals surface area contributed by atoms with E-state index in [9.17, 15) is 9.36 Å². The number of hydrogen-bond acceptors (Lipinski definition) is 3. The van der Waals surface area contributed by atoms with Crippen molar-refractivity contribution in [3.05, 3.63) is 0 Å². The van der Waals surface area contributed by atoms with Crippen LogP contribution in [0.3, 0.4) is 0 Å². The third-order valence-corrected chi connectivity index (χ3v) is 3.83. The van der Waals surface area contributed by atoms with Gasteiger partial charge in [-0.2, -0.15) is 0 Å². The van der Waals surface area contributed by atoms with Gasteiger partial charge in [-0.3, -0.25) is 9.36 Å². The number of rotatable bonds is 10. The lowest BCUT2D eigenvalue weighted by Gasteiger charge is -2.19. The number of carbonyl (C=O) groups is 1. The maximum atomic E-state index is 12.0. The van der Waals surface area contributed by atoms with E-state index in [-0.39, 0.29) is 13.0 Å². The number of hydrogen-bond donors (Lipinski definition) is 3. The lowest BCUT2D eigenvalue weighted by Crippen LogP contribution is -2.27. The van der Waals surface area contributed by atoms with Crippen LogP contribution in [0.4, 0.5) is 0 Å². The summed E-state index contributed by atoms with van der Waals surface area (Å²) < 4.78 is 17.0. The van der Waals surface area contributed by atoms with E-state index in [2.05, 4.69) is 26.1 Å². The van der Waals surface area contributed by atoms with Gasteiger partial charge in [0.2, 0.25) is 0 Å². The summed E-state index contributed by atoms with van der Waals surface area (Å²) in [4.78, 5) is 10.3. The summed E-state index contributed by atoms with van der Waals surface area (Å²) >= 11 is 8.63. The lowest BCUT2D eigenvalue weighted by molar-refractivity contribution is -0.137. The summed E-state index contributed by atoms with van der Waals surface area (Å²) in [6, 6.07) is 0. The van der Waals surface area contributed by atoms with Gasteiger partial charge in [-0.1, -0.05) is 15.9 Å². The van der Waals surface area contributed by atoms with Crippen molar-refractivity contribution in [2.75, 3.05) is 30.9 Å². The van der Waals surface area contributed by atoms with E-state index in [1.165, 1.54) is 0 Å². The molecule has 0 amide bonds. The molecule has 0 aliphatic heterocycles. The topological polar surface area (TPSA) is 87.7 Å². The van der Waals surface area contributed by atoms with E-state index in [4.69, 9.17) is 21.2 Å². The van der Waals surface area contributed by atoms with Crippen molar-refractivity contribution in [3.63, 3.8) is 0 Å². The van der Waals surface area contributed by atoms with Crippen LogP contribution < -0.4 is 10.2 Å². The van der Waals surface area contributed by atoms with Gasteiger partial charge in [0.15, 0.2) is 0 Å². The SMILES string of the molecule is O=C(O)CCOP(=O)(NCCCl)NCCBr. The largest absolute Gasteiger partial charge is 0.481 e. The molecule has 0 saturated carbocycles. The molecule has 6 nitrogen and oxygen atoms in total. The molecule has 0 bridgehead atoms. The van der Waals surface area contributed by atoms with Crippen LogP contribution in [0.15, 0.2) is 0 Å². The van der Waals surface area contributed by atoms with Crippen molar-refractivity contribution in [3.8, 4) is 0 Å². The van der Waals surface area contributed by atoms with Gasteiger partial charge in [0.05, 0.1) is 13.0 Å². The van der Waals surface area contributed by atoms with E-state index in [1.807, 2.05) is 0 Å². The number of aliphatic carboxylic acids is 1. The third kappa shape index (κ3) is 8.50. The Morgan fingerprint density at radius 3 is 2.56 bits per heavy atom. The molecule has 0 aliphatic rings. The summed E-state index contributed by atoms with van der Waals surface area (Å²) in [6.07, 6.45) is -0.192. The predicted octanol–water partition coefficient (Wildman–Crippen LogP) is 1.40. The van der Waals surface area contributed by atoms with Crippen LogP contribution in [0.5, 0.6) is 0 Å². The highest BCUT2D eigenvalue weighted by atomic mass is 79.9. The van der Waals surface area contributed by atoms with Gasteiger partial charge < -0.3 is 9.63 Å². The monoisotopic (exact) mass is 336 g/mol. The molecule has 0 saturated heterocycles. The Kier molecular flexibility index (Phi) is 9.59. The zero-order valence-corrected chi connectivity index (χ0v) is 11.9. The highest BCUT2D eigenvalue weighted by Crippen LogP contribution is 2.36. The second kappa shape index (κ2) is 9.39. The van der Waals surface area contributed by atoms with Crippen LogP contribution in [0.25, 0.3) is 0 Å². The standard InChI is InChI=1S/C7H15BrClN2O4P/c8-2-4-10-16(14,11-5-3-9)15-6-1-7(12)13/h1-6H2,(H,12,13)(H2,10,11,14). The quantitative estimate of drug-likeness (QED) is 0.412. The first kappa shape index (κ1) is 16.4. The van der Waals surface area contributed by atoms with Crippen molar-refractivity contribution in [1.82, 2.24) is 10.2 Å². The number of nitrogens with one attached hydrogen (secondary N) is 2. The Morgan fingerprint density at radius 1 is 1.44 bits per heavy atom. The van der Waals surface area contributed by atoms with Gasteiger partial charge in [-0.05, 0) is 0 Å². The highest BCUT2D eigenvalue weighted by molar-refractivity contribution is 9.09. The van der Waals surface area contributed by atoms with Crippen LogP contribution in [0.1, 0.15) is 6.42 Å². The van der Waals surface area contributed by atoms with Crippen LogP contribution >= 0.6 is 35.2 Å². The van der Waals surface area contributed by atoms with Gasteiger partial charge in [0, 0.05) is 24.3 Å². The average molecular weight is 338 g/mol. The van der Waals surface area contributed by atoms with E-state index < -0.39 is 13.6 Å². The fourth-order valence-electron chi connectivity index (χ4n) is 0.788. The van der Waals surface area contributed by atoms with E-state index in [0.717, 1.165) is 0 Å². The molecule has 0 aliphatic carbocycles. The van der Waals surface area contributed by atoms with Crippen LogP contribution in [0.2, 0.25) is 0 Å². The third-order valence-electron chi connectivity index (χ3n) is 1.42. The van der Waals surface area contributed by atoms with Crippen LogP contribution in [-0.4, -0.2) is 42.0 Å². The number of halogens is 2. The maximum absolute atomic E-state index is 12.0. The molecule has 9 heteroatoms. The molecule has 0 spiro atoms. The Hall–Kier alpha value is 0.350. The maximum Gasteiger partial charge on any atom is 0.340 e. The Labute approximate surface area is 108 Å². The molecular formula is C7H15BrClN2O4P. The molecule has 0 fully saturated rings. The average Bonchev–Trinajstić information content (AvgIpc) is 2.23. The van der Waals surface area contributed by atoms with E-state index in [0.29, 0.717) is 24.3 Å². The molecular weight excluding hydrogens is 322 g/mol. The minimum Gasteiger partial charge on any atom is -0.481 e. The first-order valence-corrected chi connectivity index (χ1v) is 7.90. The summed E-state index contributed by atoms with van der Waals surface area (Å²) in [5.74, 6) is -0.702. The van der Waals surface area contributed by atoms with E-state index in [1.54, 1.807) is 0 Å². The lowest BCUT2D eigenvalue weighted by atomic mass is 10.5. The summed E-state index contributed by atoms with van der Waals surface area (Å²) in [5, 5.41) is 14.3. The van der Waals surface area contributed by atoms with Gasteiger partial charge in [0.25, 0.3) is 0 Å². The van der Waals surface area contributed by atoms with E-state index >= 15 is 0 Å². The van der Waals surface area contributed by atoms with Gasteiger partial charge in [-0.15, -0.1) is 11.6 Å². The normalized spacial score (nSPS) is 14.6. The Morgan fingerprint density at radius 2 is 2.06 bits per heavy atom. The summed E-state index contributed by atoms with van der Waals surface area (Å²) in [6.45, 7) is 0.651. The summed E-state index contributed by atoms with van der Waals surface area (Å²) in [7, 11) is -3.19. The Balaban J connectivity index is 4.07. The van der Waals surface area contributed by atoms with Crippen molar-refractivity contribution in [1.29, 1.82) is 0 Å². The molecule has 96 valence electrons. The highest BCUT2D eigenvalue weighted by Gasteiger charge is 2.21. The minimum atomic E-state index is -3.19. The van der Waals surface area contributed by atoms with Crippen LogP contribution in [0, 0.1) is 0 Å². The number of carboxylic acid groups (broad SMARTS) is 1. The molecule has 3 N–H and O–H groups in total. The molecule has 16 heavy (non-hydrogen) atoms. The first-order valence-electron chi connectivity index (χ1n) is 4.62. The van der Waals surface area contributed by atoms with Crippen LogP contribution in [-0.2, 0) is 13.9 Å². The molecule has 0 aromatic carbocycles. The zero-order valence-electron chi connectivity index (χ0n) is 8.62. The minimum absolute atomic E-state index is 0.114. The van der Waals surface area contributed by atoms with Crippen molar-refractivity contribution in [2.24, 2.45) is 0 Å². The molecule has 0 radical (unpaired) electrons. The second-order valence-corrected chi connectivity index (χ2v) is 5.89. The Bertz CT molecular complexity index is 245. The molecule has 0 heterocycles. The predicted molar refractivity (Wildman–Crippen MR) is 66.3 cm³/mol. The van der Waals surface area contributed by atoms with Crippen molar-refractivity contribution < 1.29 is 19.0 Å². The fraction of sp³-hybridized carbons (Fsp3) is 0.857. The second-order valence-electron chi connectivity index (χ2n) is 2.72. The van der Waals surface area contributed by atoms with Crippen molar-refractivity contribution >= 4 is 41.2 Å². The smallest absolute Gasteiger partial charge is 0.340 e. The molecule has 0 aromatic rings. The molecule has 1 atom stereocenters. The van der Waals surface area contributed by atoms with Gasteiger partial charge in [0.1, 0.15) is 0 Å². The van der Waals surface area contributed by atoms with Crippen molar-refractivity contribution in [2.45, 2.75) is 6.42 Å². The molecule has 0 aromatic heterocycles. The summed E-state index contributed by atoms with van der Waals surface area (Å²) in [5.41, 5.74) is 0. The first-order chi connectivity index (χ1) is 7.54. The number of alkyl halides is 2. The molecule has 1 unspecified atom stereocenters. The number of carboxylic acids is 1.